The molecule has 0 spiro atoms. The number of aryl methyl sites for hydroxylation is 1. The second kappa shape index (κ2) is 8.72. The van der Waals surface area contributed by atoms with Gasteiger partial charge in [0.15, 0.2) is 0 Å². The Morgan fingerprint density at radius 3 is 2.78 bits per heavy atom. The molecule has 2 fully saturated rings. The van der Waals surface area contributed by atoms with E-state index in [-0.39, 0.29) is 23.9 Å². The van der Waals surface area contributed by atoms with Crippen LogP contribution in [0.3, 0.4) is 0 Å². The standard InChI is InChI=1S/C21H32N4O2/c1-14-7-4-10-18(16(14)3)23-21(27)25-12-6-9-17(13-25)20(26)24-19-15(2)8-5-11-22-19/h5,8,11,14,16-18H,4,6-7,9-10,12-13H2,1-3H3,(H,23,27)(H,22,24,26). The van der Waals surface area contributed by atoms with Crippen molar-refractivity contribution >= 4 is 17.8 Å². The molecule has 1 saturated carbocycles. The van der Waals surface area contributed by atoms with Gasteiger partial charge in [-0.25, -0.2) is 9.78 Å². The van der Waals surface area contributed by atoms with Crippen LogP contribution in [-0.2, 0) is 4.79 Å². The van der Waals surface area contributed by atoms with Crippen LogP contribution in [0.5, 0.6) is 0 Å². The molecule has 4 unspecified atom stereocenters. The van der Waals surface area contributed by atoms with E-state index in [1.807, 2.05) is 24.0 Å². The molecule has 3 amide bonds. The maximum absolute atomic E-state index is 12.8. The Labute approximate surface area is 162 Å². The number of amides is 3. The second-order valence-corrected chi connectivity index (χ2v) is 8.27. The fourth-order valence-corrected chi connectivity index (χ4v) is 4.25. The van der Waals surface area contributed by atoms with E-state index in [2.05, 4.69) is 29.5 Å². The van der Waals surface area contributed by atoms with E-state index in [4.69, 9.17) is 0 Å². The number of hydrogen-bond donors (Lipinski definition) is 2. The van der Waals surface area contributed by atoms with Crippen molar-refractivity contribution in [2.75, 3.05) is 18.4 Å². The highest BCUT2D eigenvalue weighted by Gasteiger charge is 2.32. The Morgan fingerprint density at radius 2 is 2.00 bits per heavy atom. The minimum absolute atomic E-state index is 0.0209. The largest absolute Gasteiger partial charge is 0.335 e. The number of piperidine rings is 1. The Morgan fingerprint density at radius 1 is 1.19 bits per heavy atom. The van der Waals surface area contributed by atoms with Gasteiger partial charge in [-0.3, -0.25) is 4.79 Å². The number of carbonyl (C=O) groups excluding carboxylic acids is 2. The normalized spacial score (nSPS) is 28.5. The van der Waals surface area contributed by atoms with Gasteiger partial charge in [0, 0.05) is 25.3 Å². The van der Waals surface area contributed by atoms with E-state index in [9.17, 15) is 9.59 Å². The molecule has 0 aromatic carbocycles. The molecular formula is C21H32N4O2. The predicted molar refractivity (Wildman–Crippen MR) is 106 cm³/mol. The average molecular weight is 373 g/mol. The van der Waals surface area contributed by atoms with Gasteiger partial charge in [-0.15, -0.1) is 0 Å². The number of rotatable bonds is 3. The summed E-state index contributed by atoms with van der Waals surface area (Å²) in [5, 5.41) is 6.16. The summed E-state index contributed by atoms with van der Waals surface area (Å²) >= 11 is 0. The number of anilines is 1. The van der Waals surface area contributed by atoms with Gasteiger partial charge in [-0.2, -0.15) is 0 Å². The highest BCUT2D eigenvalue weighted by atomic mass is 16.2. The Hall–Kier alpha value is -2.11. The van der Waals surface area contributed by atoms with Crippen molar-refractivity contribution < 1.29 is 9.59 Å². The molecule has 3 rings (SSSR count). The van der Waals surface area contributed by atoms with Crippen molar-refractivity contribution in [3.8, 4) is 0 Å². The molecule has 6 heteroatoms. The summed E-state index contributed by atoms with van der Waals surface area (Å²) in [5.74, 6) is 1.51. The number of nitrogens with one attached hydrogen (secondary N) is 2. The van der Waals surface area contributed by atoms with Gasteiger partial charge in [0.05, 0.1) is 5.92 Å². The maximum Gasteiger partial charge on any atom is 0.317 e. The molecule has 1 aliphatic heterocycles. The van der Waals surface area contributed by atoms with Crippen LogP contribution >= 0.6 is 0 Å². The van der Waals surface area contributed by atoms with Crippen molar-refractivity contribution in [1.82, 2.24) is 15.2 Å². The minimum atomic E-state index is -0.186. The number of carbonyl (C=O) groups is 2. The van der Waals surface area contributed by atoms with Gasteiger partial charge in [-0.1, -0.05) is 32.8 Å². The van der Waals surface area contributed by atoms with E-state index in [1.165, 1.54) is 12.8 Å². The lowest BCUT2D eigenvalue weighted by molar-refractivity contribution is -0.121. The molecule has 2 N–H and O–H groups in total. The molecule has 1 aromatic rings. The van der Waals surface area contributed by atoms with Gasteiger partial charge in [0.25, 0.3) is 0 Å². The molecule has 0 radical (unpaired) electrons. The first kappa shape index (κ1) is 19.6. The molecule has 1 aliphatic carbocycles. The van der Waals surface area contributed by atoms with Gasteiger partial charge in [-0.05, 0) is 49.7 Å². The molecule has 148 valence electrons. The van der Waals surface area contributed by atoms with Crippen molar-refractivity contribution in [3.63, 3.8) is 0 Å². The average Bonchev–Trinajstić information content (AvgIpc) is 2.67. The first-order valence-electron chi connectivity index (χ1n) is 10.2. The molecule has 0 bridgehead atoms. The van der Waals surface area contributed by atoms with Crippen LogP contribution in [0.1, 0.15) is 51.5 Å². The number of urea groups is 1. The van der Waals surface area contributed by atoms with Crippen LogP contribution < -0.4 is 10.6 Å². The van der Waals surface area contributed by atoms with E-state index < -0.39 is 0 Å². The van der Waals surface area contributed by atoms with Gasteiger partial charge < -0.3 is 15.5 Å². The summed E-state index contributed by atoms with van der Waals surface area (Å²) < 4.78 is 0. The van der Waals surface area contributed by atoms with Crippen LogP contribution in [0, 0.1) is 24.7 Å². The predicted octanol–water partition coefficient (Wildman–Crippen LogP) is 3.57. The monoisotopic (exact) mass is 372 g/mol. The third kappa shape index (κ3) is 4.79. The van der Waals surface area contributed by atoms with Crippen LogP contribution in [0.2, 0.25) is 0 Å². The molecule has 4 atom stereocenters. The van der Waals surface area contributed by atoms with Crippen LogP contribution in [0.4, 0.5) is 10.6 Å². The highest BCUT2D eigenvalue weighted by molar-refractivity contribution is 5.92. The second-order valence-electron chi connectivity index (χ2n) is 8.27. The summed E-state index contributed by atoms with van der Waals surface area (Å²) in [6, 6.07) is 4.00. The zero-order valence-electron chi connectivity index (χ0n) is 16.7. The molecule has 1 aromatic heterocycles. The topological polar surface area (TPSA) is 74.3 Å². The summed E-state index contributed by atoms with van der Waals surface area (Å²) in [7, 11) is 0. The van der Waals surface area contributed by atoms with Crippen molar-refractivity contribution in [1.29, 1.82) is 0 Å². The highest BCUT2D eigenvalue weighted by Crippen LogP contribution is 2.30. The van der Waals surface area contributed by atoms with Crippen LogP contribution in [0.15, 0.2) is 18.3 Å². The maximum atomic E-state index is 12.8. The SMILES string of the molecule is Cc1cccnc1NC(=O)C1CCCN(C(=O)NC2CCCC(C)C2C)C1. The lowest BCUT2D eigenvalue weighted by atomic mass is 9.78. The third-order valence-electron chi connectivity index (χ3n) is 6.35. The fraction of sp³-hybridized carbons (Fsp3) is 0.667. The fourth-order valence-electron chi connectivity index (χ4n) is 4.25. The molecule has 1 saturated heterocycles. The van der Waals surface area contributed by atoms with Gasteiger partial charge in [0.1, 0.15) is 5.82 Å². The minimum Gasteiger partial charge on any atom is -0.335 e. The van der Waals surface area contributed by atoms with Gasteiger partial charge >= 0.3 is 6.03 Å². The lowest BCUT2D eigenvalue weighted by Crippen LogP contribution is -2.52. The number of pyridine rings is 1. The summed E-state index contributed by atoms with van der Waals surface area (Å²) in [6.45, 7) is 7.62. The molecule has 27 heavy (non-hydrogen) atoms. The van der Waals surface area contributed by atoms with Crippen LogP contribution in [0.25, 0.3) is 0 Å². The van der Waals surface area contributed by atoms with Gasteiger partial charge in [0.2, 0.25) is 5.91 Å². The first-order valence-corrected chi connectivity index (χ1v) is 10.2. The molecule has 6 nitrogen and oxygen atoms in total. The summed E-state index contributed by atoms with van der Waals surface area (Å²) in [5.41, 5.74) is 0.941. The van der Waals surface area contributed by atoms with E-state index in [0.717, 1.165) is 31.4 Å². The van der Waals surface area contributed by atoms with Crippen molar-refractivity contribution in [2.45, 2.75) is 58.9 Å². The molecular weight excluding hydrogens is 340 g/mol. The number of likely N-dealkylation sites (tertiary alicyclic amines) is 1. The summed E-state index contributed by atoms with van der Waals surface area (Å²) in [6.07, 6.45) is 6.79. The van der Waals surface area contributed by atoms with E-state index >= 15 is 0 Å². The Bertz CT molecular complexity index is 678. The molecule has 2 heterocycles. The van der Waals surface area contributed by atoms with E-state index in [0.29, 0.717) is 24.2 Å². The molecule has 2 aliphatic rings. The number of aromatic nitrogens is 1. The van der Waals surface area contributed by atoms with Crippen LogP contribution in [-0.4, -0.2) is 41.0 Å². The first-order chi connectivity index (χ1) is 13.0. The summed E-state index contributed by atoms with van der Waals surface area (Å²) in [4.78, 5) is 31.5. The van der Waals surface area contributed by atoms with E-state index in [1.54, 1.807) is 6.20 Å². The van der Waals surface area contributed by atoms with Crippen molar-refractivity contribution in [3.05, 3.63) is 23.9 Å². The van der Waals surface area contributed by atoms with Crippen molar-refractivity contribution in [2.24, 2.45) is 17.8 Å². The Kier molecular flexibility index (Phi) is 6.34. The zero-order valence-corrected chi connectivity index (χ0v) is 16.7. The number of nitrogens with zero attached hydrogens (tertiary/aromatic N) is 2. The lowest BCUT2D eigenvalue weighted by Gasteiger charge is -2.38. The number of hydrogen-bond acceptors (Lipinski definition) is 3. The Balaban J connectivity index is 1.56. The smallest absolute Gasteiger partial charge is 0.317 e. The quantitative estimate of drug-likeness (QED) is 0.852. The zero-order chi connectivity index (χ0) is 19.4. The third-order valence-corrected chi connectivity index (χ3v) is 6.35.